The van der Waals surface area contributed by atoms with Crippen molar-refractivity contribution in [1.82, 2.24) is 5.32 Å². The molecule has 0 spiro atoms. The van der Waals surface area contributed by atoms with Crippen molar-refractivity contribution in [2.24, 2.45) is 5.41 Å². The van der Waals surface area contributed by atoms with Crippen molar-refractivity contribution in [3.05, 3.63) is 28.8 Å². The van der Waals surface area contributed by atoms with Gasteiger partial charge >= 0.3 is 0 Å². The number of rotatable bonds is 5. The molecule has 2 rings (SSSR count). The zero-order valence-corrected chi connectivity index (χ0v) is 14.0. The largest absolute Gasteiger partial charge is 0.495 e. The maximum atomic E-state index is 10.6. The van der Waals surface area contributed by atoms with Crippen LogP contribution in [0.5, 0.6) is 5.75 Å². The van der Waals surface area contributed by atoms with Gasteiger partial charge in [-0.15, -0.1) is 0 Å². The summed E-state index contributed by atoms with van der Waals surface area (Å²) in [4.78, 5) is 0. The third kappa shape index (κ3) is 4.60. The summed E-state index contributed by atoms with van der Waals surface area (Å²) >= 11 is 6.11. The number of nitrogens with one attached hydrogen (secondary N) is 1. The van der Waals surface area contributed by atoms with E-state index in [-0.39, 0.29) is 0 Å². The van der Waals surface area contributed by atoms with E-state index in [1.165, 1.54) is 0 Å². The van der Waals surface area contributed by atoms with Crippen molar-refractivity contribution in [3.63, 3.8) is 0 Å². The van der Waals surface area contributed by atoms with Crippen LogP contribution in [-0.4, -0.2) is 24.4 Å². The number of hydrogen-bond acceptors (Lipinski definition) is 3. The molecular weight excluding hydrogens is 286 g/mol. The molecule has 2 N–H and O–H groups in total. The van der Waals surface area contributed by atoms with Crippen LogP contribution in [-0.2, 0) is 6.54 Å². The Labute approximate surface area is 132 Å². The van der Waals surface area contributed by atoms with Gasteiger partial charge < -0.3 is 15.2 Å². The molecule has 0 amide bonds. The number of aliphatic hydroxyl groups is 1. The van der Waals surface area contributed by atoms with Gasteiger partial charge in [0.05, 0.1) is 17.7 Å². The molecule has 0 atom stereocenters. The van der Waals surface area contributed by atoms with Crippen LogP contribution in [0.25, 0.3) is 0 Å². The summed E-state index contributed by atoms with van der Waals surface area (Å²) < 4.78 is 5.14. The van der Waals surface area contributed by atoms with Crippen LogP contribution in [0.15, 0.2) is 18.2 Å². The second-order valence-electron chi connectivity index (χ2n) is 6.96. The van der Waals surface area contributed by atoms with Gasteiger partial charge in [0, 0.05) is 13.1 Å². The lowest BCUT2D eigenvalue weighted by Gasteiger charge is -2.40. The second kappa shape index (κ2) is 6.55. The number of ether oxygens (including phenoxy) is 1. The van der Waals surface area contributed by atoms with Crippen LogP contribution < -0.4 is 10.1 Å². The highest BCUT2D eigenvalue weighted by atomic mass is 35.5. The van der Waals surface area contributed by atoms with Gasteiger partial charge in [0.2, 0.25) is 0 Å². The van der Waals surface area contributed by atoms with Crippen LogP contribution in [0.4, 0.5) is 0 Å². The minimum Gasteiger partial charge on any atom is -0.495 e. The fourth-order valence-corrected chi connectivity index (χ4v) is 3.11. The third-order valence-corrected chi connectivity index (χ3v) is 4.83. The van der Waals surface area contributed by atoms with Gasteiger partial charge in [-0.1, -0.05) is 31.5 Å². The lowest BCUT2D eigenvalue weighted by molar-refractivity contribution is -0.0245. The molecule has 0 radical (unpaired) electrons. The normalized spacial score (nSPS) is 20.2. The van der Waals surface area contributed by atoms with E-state index in [1.54, 1.807) is 7.11 Å². The molecule has 1 aromatic carbocycles. The predicted molar refractivity (Wildman–Crippen MR) is 86.9 cm³/mol. The number of hydrogen-bond donors (Lipinski definition) is 2. The number of halogens is 1. The zero-order chi connectivity index (χ0) is 15.5. The van der Waals surface area contributed by atoms with Gasteiger partial charge in [0.1, 0.15) is 5.75 Å². The first-order valence-corrected chi connectivity index (χ1v) is 7.97. The predicted octanol–water partition coefficient (Wildman–Crippen LogP) is 3.77. The van der Waals surface area contributed by atoms with Crippen molar-refractivity contribution in [2.75, 3.05) is 13.7 Å². The molecule has 1 saturated carbocycles. The van der Waals surface area contributed by atoms with Crippen LogP contribution in [0.2, 0.25) is 5.02 Å². The maximum Gasteiger partial charge on any atom is 0.137 e. The van der Waals surface area contributed by atoms with Crippen LogP contribution in [0, 0.1) is 5.41 Å². The van der Waals surface area contributed by atoms with Gasteiger partial charge in [-0.2, -0.15) is 0 Å². The average Bonchev–Trinajstić information content (AvgIpc) is 2.43. The van der Waals surface area contributed by atoms with Crippen molar-refractivity contribution >= 4 is 11.6 Å². The number of benzene rings is 1. The highest BCUT2D eigenvalue weighted by Crippen LogP contribution is 2.39. The molecule has 0 heterocycles. The Morgan fingerprint density at radius 2 is 1.90 bits per heavy atom. The van der Waals surface area contributed by atoms with Crippen LogP contribution in [0.1, 0.15) is 45.1 Å². The SMILES string of the molecule is COc1ccc(CNCC2(O)CCC(C)(C)CC2)cc1Cl. The van der Waals surface area contributed by atoms with E-state index >= 15 is 0 Å². The molecule has 0 bridgehead atoms. The van der Waals surface area contributed by atoms with Crippen molar-refractivity contribution in [1.29, 1.82) is 0 Å². The summed E-state index contributed by atoms with van der Waals surface area (Å²) in [6, 6.07) is 5.77. The molecule has 118 valence electrons. The van der Waals surface area contributed by atoms with Crippen LogP contribution in [0.3, 0.4) is 0 Å². The molecule has 4 heteroatoms. The van der Waals surface area contributed by atoms with Crippen LogP contribution >= 0.6 is 11.6 Å². The third-order valence-electron chi connectivity index (χ3n) is 4.53. The zero-order valence-electron chi connectivity index (χ0n) is 13.2. The van der Waals surface area contributed by atoms with Gasteiger partial charge in [0.25, 0.3) is 0 Å². The minimum atomic E-state index is -0.564. The van der Waals surface area contributed by atoms with E-state index in [2.05, 4.69) is 19.2 Å². The Kier molecular flexibility index (Phi) is 5.18. The monoisotopic (exact) mass is 311 g/mol. The van der Waals surface area contributed by atoms with Crippen molar-refractivity contribution in [2.45, 2.75) is 51.7 Å². The molecule has 0 aromatic heterocycles. The molecule has 0 unspecified atom stereocenters. The summed E-state index contributed by atoms with van der Waals surface area (Å²) in [6.45, 7) is 5.89. The topological polar surface area (TPSA) is 41.5 Å². The molecule has 3 nitrogen and oxygen atoms in total. The summed E-state index contributed by atoms with van der Waals surface area (Å²) in [5, 5.41) is 14.6. The molecule has 0 aliphatic heterocycles. The molecule has 0 saturated heterocycles. The van der Waals surface area contributed by atoms with E-state index < -0.39 is 5.60 Å². The smallest absolute Gasteiger partial charge is 0.137 e. The van der Waals surface area contributed by atoms with Crippen molar-refractivity contribution < 1.29 is 9.84 Å². The summed E-state index contributed by atoms with van der Waals surface area (Å²) in [5.74, 6) is 0.688. The summed E-state index contributed by atoms with van der Waals surface area (Å²) in [5.41, 5.74) is 0.905. The van der Waals surface area contributed by atoms with Gasteiger partial charge in [-0.3, -0.25) is 0 Å². The molecule has 1 aliphatic carbocycles. The van der Waals surface area contributed by atoms with Gasteiger partial charge in [-0.25, -0.2) is 0 Å². The summed E-state index contributed by atoms with van der Waals surface area (Å²) in [7, 11) is 1.61. The molecular formula is C17H26ClNO2. The first kappa shape index (κ1) is 16.6. The van der Waals surface area contributed by atoms with E-state index in [0.29, 0.717) is 29.3 Å². The van der Waals surface area contributed by atoms with Gasteiger partial charge in [0.15, 0.2) is 0 Å². The lowest BCUT2D eigenvalue weighted by Crippen LogP contribution is -2.44. The quantitative estimate of drug-likeness (QED) is 0.869. The van der Waals surface area contributed by atoms with E-state index in [1.807, 2.05) is 18.2 Å². The number of methoxy groups -OCH3 is 1. The molecule has 1 fully saturated rings. The molecule has 1 aliphatic rings. The highest BCUT2D eigenvalue weighted by molar-refractivity contribution is 6.32. The minimum absolute atomic E-state index is 0.371. The van der Waals surface area contributed by atoms with Gasteiger partial charge in [-0.05, 0) is 48.8 Å². The second-order valence-corrected chi connectivity index (χ2v) is 7.37. The Bertz CT molecular complexity index is 478. The molecule has 21 heavy (non-hydrogen) atoms. The molecule has 1 aromatic rings. The van der Waals surface area contributed by atoms with Crippen molar-refractivity contribution in [3.8, 4) is 5.75 Å². The first-order chi connectivity index (χ1) is 9.84. The van der Waals surface area contributed by atoms with E-state index in [9.17, 15) is 5.11 Å². The lowest BCUT2D eigenvalue weighted by atomic mass is 9.71. The average molecular weight is 312 g/mol. The highest BCUT2D eigenvalue weighted by Gasteiger charge is 2.36. The first-order valence-electron chi connectivity index (χ1n) is 7.59. The Morgan fingerprint density at radius 1 is 1.24 bits per heavy atom. The van der Waals surface area contributed by atoms with E-state index in [4.69, 9.17) is 16.3 Å². The standard InChI is InChI=1S/C17H26ClNO2/c1-16(2)6-8-17(20,9-7-16)12-19-11-13-4-5-15(21-3)14(18)10-13/h4-5,10,19-20H,6-9,11-12H2,1-3H3. The fraction of sp³-hybridized carbons (Fsp3) is 0.647. The summed E-state index contributed by atoms with van der Waals surface area (Å²) in [6.07, 6.45) is 3.91. The Hall–Kier alpha value is -0.770. The Morgan fingerprint density at radius 3 is 2.48 bits per heavy atom. The fourth-order valence-electron chi connectivity index (χ4n) is 2.83. The maximum absolute atomic E-state index is 10.6. The Balaban J connectivity index is 1.83. The van der Waals surface area contributed by atoms with E-state index in [0.717, 1.165) is 31.2 Å².